The van der Waals surface area contributed by atoms with Crippen LogP contribution in [0.2, 0.25) is 0 Å². The van der Waals surface area contributed by atoms with Crippen molar-refractivity contribution in [2.45, 2.75) is 11.7 Å². The summed E-state index contributed by atoms with van der Waals surface area (Å²) >= 11 is 1.25. The highest BCUT2D eigenvalue weighted by atomic mass is 32.2. The number of benzene rings is 3. The van der Waals surface area contributed by atoms with Gasteiger partial charge in [0.25, 0.3) is 5.56 Å². The minimum Gasteiger partial charge on any atom is -0.495 e. The largest absolute Gasteiger partial charge is 0.495 e. The summed E-state index contributed by atoms with van der Waals surface area (Å²) in [7, 11) is 1.56. The zero-order valence-electron chi connectivity index (χ0n) is 18.3. The van der Waals surface area contributed by atoms with Crippen molar-refractivity contribution in [3.8, 4) is 5.75 Å². The lowest BCUT2D eigenvalue weighted by molar-refractivity contribution is -0.113. The average Bonchev–Trinajstić information content (AvgIpc) is 3.30. The molecule has 0 fully saturated rings. The highest BCUT2D eigenvalue weighted by molar-refractivity contribution is 7.99. The maximum atomic E-state index is 13.3. The van der Waals surface area contributed by atoms with Crippen molar-refractivity contribution in [2.24, 2.45) is 0 Å². The molecule has 1 N–H and O–H groups in total. The molecular formula is C25H21N5O3S. The minimum absolute atomic E-state index is 0.116. The van der Waals surface area contributed by atoms with Crippen molar-refractivity contribution in [1.29, 1.82) is 0 Å². The van der Waals surface area contributed by atoms with Crippen LogP contribution in [-0.4, -0.2) is 37.9 Å². The predicted molar refractivity (Wildman–Crippen MR) is 133 cm³/mol. The molecule has 1 amide bonds. The topological polar surface area (TPSA) is 90.5 Å². The number of fused-ring (bicyclic) bond motifs is 3. The van der Waals surface area contributed by atoms with Crippen molar-refractivity contribution >= 4 is 40.0 Å². The van der Waals surface area contributed by atoms with E-state index in [9.17, 15) is 9.59 Å². The Balaban J connectivity index is 1.49. The van der Waals surface area contributed by atoms with Crippen LogP contribution in [0.3, 0.4) is 0 Å². The lowest BCUT2D eigenvalue weighted by atomic mass is 10.2. The van der Waals surface area contributed by atoms with Crippen molar-refractivity contribution in [1.82, 2.24) is 19.2 Å². The third-order valence-electron chi connectivity index (χ3n) is 5.38. The third kappa shape index (κ3) is 4.13. The van der Waals surface area contributed by atoms with Gasteiger partial charge in [-0.2, -0.15) is 0 Å². The first-order chi connectivity index (χ1) is 16.7. The van der Waals surface area contributed by atoms with E-state index in [1.807, 2.05) is 65.1 Å². The average molecular weight is 472 g/mol. The Hall–Kier alpha value is -4.11. The van der Waals surface area contributed by atoms with Crippen molar-refractivity contribution < 1.29 is 9.53 Å². The van der Waals surface area contributed by atoms with Gasteiger partial charge in [0, 0.05) is 0 Å². The standard InChI is InChI=1S/C25H21N5O3S/c1-33-21-14-8-6-12-19(21)26-22(31)16-34-25-28-27-24-29(15-17-9-3-2-4-10-17)23(32)18-11-5-7-13-20(18)30(24)25/h2-14H,15-16H2,1H3,(H,26,31). The zero-order valence-corrected chi connectivity index (χ0v) is 19.2. The van der Waals surface area contributed by atoms with E-state index in [-0.39, 0.29) is 17.2 Å². The van der Waals surface area contributed by atoms with Gasteiger partial charge in [0.2, 0.25) is 11.7 Å². The van der Waals surface area contributed by atoms with Crippen LogP contribution in [0, 0.1) is 0 Å². The second-order valence-electron chi connectivity index (χ2n) is 7.55. The fraction of sp³-hybridized carbons (Fsp3) is 0.120. The number of carbonyl (C=O) groups excluding carboxylic acids is 1. The van der Waals surface area contributed by atoms with Gasteiger partial charge in [-0.05, 0) is 29.8 Å². The number of nitrogens with zero attached hydrogens (tertiary/aromatic N) is 4. The molecule has 0 aliphatic carbocycles. The van der Waals surface area contributed by atoms with Gasteiger partial charge in [-0.3, -0.25) is 18.6 Å². The van der Waals surface area contributed by atoms with Crippen LogP contribution in [-0.2, 0) is 11.3 Å². The van der Waals surface area contributed by atoms with Gasteiger partial charge >= 0.3 is 0 Å². The molecule has 9 heteroatoms. The Morgan fingerprint density at radius 2 is 1.71 bits per heavy atom. The van der Waals surface area contributed by atoms with E-state index in [4.69, 9.17) is 4.74 Å². The number of ether oxygens (including phenoxy) is 1. The highest BCUT2D eigenvalue weighted by Crippen LogP contribution is 2.25. The highest BCUT2D eigenvalue weighted by Gasteiger charge is 2.18. The van der Waals surface area contributed by atoms with E-state index in [0.29, 0.717) is 39.8 Å². The number of hydrogen-bond donors (Lipinski definition) is 1. The van der Waals surface area contributed by atoms with Crippen LogP contribution in [0.25, 0.3) is 16.7 Å². The number of amides is 1. The molecule has 0 aliphatic rings. The zero-order chi connectivity index (χ0) is 23.5. The Bertz CT molecular complexity index is 1550. The van der Waals surface area contributed by atoms with E-state index < -0.39 is 0 Å². The second-order valence-corrected chi connectivity index (χ2v) is 8.49. The molecule has 0 saturated heterocycles. The summed E-state index contributed by atoms with van der Waals surface area (Å²) in [5.41, 5.74) is 2.15. The first-order valence-electron chi connectivity index (χ1n) is 10.6. The molecule has 34 heavy (non-hydrogen) atoms. The molecule has 0 unspecified atom stereocenters. The molecule has 0 spiro atoms. The first kappa shape index (κ1) is 21.7. The van der Waals surface area contributed by atoms with Crippen LogP contribution in [0.5, 0.6) is 5.75 Å². The van der Waals surface area contributed by atoms with Gasteiger partial charge in [0.1, 0.15) is 5.75 Å². The number of methoxy groups -OCH3 is 1. The molecule has 0 saturated carbocycles. The molecule has 0 radical (unpaired) electrons. The van der Waals surface area contributed by atoms with Gasteiger partial charge in [-0.1, -0.05) is 66.4 Å². The van der Waals surface area contributed by atoms with Gasteiger partial charge < -0.3 is 10.1 Å². The van der Waals surface area contributed by atoms with E-state index in [0.717, 1.165) is 5.56 Å². The summed E-state index contributed by atoms with van der Waals surface area (Å²) in [4.78, 5) is 25.9. The third-order valence-corrected chi connectivity index (χ3v) is 6.30. The number of rotatable bonds is 7. The maximum Gasteiger partial charge on any atom is 0.263 e. The van der Waals surface area contributed by atoms with E-state index in [1.54, 1.807) is 29.9 Å². The monoisotopic (exact) mass is 471 g/mol. The SMILES string of the molecule is COc1ccccc1NC(=O)CSc1nnc2n(Cc3ccccc3)c(=O)c3ccccc3n12. The van der Waals surface area contributed by atoms with Gasteiger partial charge in [0.15, 0.2) is 5.16 Å². The van der Waals surface area contributed by atoms with Crippen LogP contribution >= 0.6 is 11.8 Å². The summed E-state index contributed by atoms with van der Waals surface area (Å²) in [6.07, 6.45) is 0. The molecule has 0 atom stereocenters. The number of nitrogens with one attached hydrogen (secondary N) is 1. The summed E-state index contributed by atoms with van der Waals surface area (Å²) in [6.45, 7) is 0.366. The van der Waals surface area contributed by atoms with Crippen LogP contribution in [0.1, 0.15) is 5.56 Å². The molecular weight excluding hydrogens is 450 g/mol. The first-order valence-corrected chi connectivity index (χ1v) is 11.6. The van der Waals surface area contributed by atoms with E-state index in [2.05, 4.69) is 15.5 Å². The summed E-state index contributed by atoms with van der Waals surface area (Å²) < 4.78 is 8.74. The van der Waals surface area contributed by atoms with E-state index in [1.165, 1.54) is 11.8 Å². The molecule has 170 valence electrons. The Morgan fingerprint density at radius 3 is 2.53 bits per heavy atom. The maximum absolute atomic E-state index is 13.3. The van der Waals surface area contributed by atoms with Gasteiger partial charge in [-0.25, -0.2) is 0 Å². The molecule has 0 bridgehead atoms. The second kappa shape index (κ2) is 9.40. The molecule has 3 aromatic carbocycles. The lowest BCUT2D eigenvalue weighted by Crippen LogP contribution is -2.24. The number of aromatic nitrogens is 4. The molecule has 5 aromatic rings. The molecule has 0 aliphatic heterocycles. The Morgan fingerprint density at radius 1 is 0.971 bits per heavy atom. The Kier molecular flexibility index (Phi) is 6.01. The van der Waals surface area contributed by atoms with Crippen LogP contribution < -0.4 is 15.6 Å². The van der Waals surface area contributed by atoms with Crippen molar-refractivity contribution in [3.63, 3.8) is 0 Å². The van der Waals surface area contributed by atoms with Crippen molar-refractivity contribution in [3.05, 3.63) is 94.8 Å². The fourth-order valence-electron chi connectivity index (χ4n) is 3.80. The summed E-state index contributed by atoms with van der Waals surface area (Å²) in [5, 5.41) is 12.6. The van der Waals surface area contributed by atoms with Crippen LogP contribution in [0.4, 0.5) is 5.69 Å². The number of anilines is 1. The number of carbonyl (C=O) groups is 1. The summed E-state index contributed by atoms with van der Waals surface area (Å²) in [6, 6.07) is 24.3. The fourth-order valence-corrected chi connectivity index (χ4v) is 4.54. The minimum atomic E-state index is -0.201. The summed E-state index contributed by atoms with van der Waals surface area (Å²) in [5.74, 6) is 0.934. The molecule has 2 heterocycles. The quantitative estimate of drug-likeness (QED) is 0.363. The Labute approximate surface area is 199 Å². The van der Waals surface area contributed by atoms with Crippen LogP contribution in [0.15, 0.2) is 88.8 Å². The lowest BCUT2D eigenvalue weighted by Gasteiger charge is -2.12. The molecule has 8 nitrogen and oxygen atoms in total. The molecule has 5 rings (SSSR count). The van der Waals surface area contributed by atoms with E-state index >= 15 is 0 Å². The van der Waals surface area contributed by atoms with Gasteiger partial charge in [-0.15, -0.1) is 10.2 Å². The number of thioether (sulfide) groups is 1. The predicted octanol–water partition coefficient (Wildman–Crippen LogP) is 3.83. The molecule has 2 aromatic heterocycles. The van der Waals surface area contributed by atoms with Gasteiger partial charge in [0.05, 0.1) is 36.0 Å². The number of hydrogen-bond acceptors (Lipinski definition) is 6. The smallest absolute Gasteiger partial charge is 0.263 e. The van der Waals surface area contributed by atoms with Crippen molar-refractivity contribution in [2.75, 3.05) is 18.2 Å². The number of para-hydroxylation sites is 3. The normalized spacial score (nSPS) is 11.1.